The molecule has 1 amide bonds. The fourth-order valence-electron chi connectivity index (χ4n) is 3.69. The number of carbonyl (C=O) groups is 1. The summed E-state index contributed by atoms with van der Waals surface area (Å²) in [6.07, 6.45) is 2.03. The maximum absolute atomic E-state index is 13.0. The van der Waals surface area contributed by atoms with Crippen molar-refractivity contribution in [3.05, 3.63) is 67.3 Å². The minimum absolute atomic E-state index is 0.0229. The summed E-state index contributed by atoms with van der Waals surface area (Å²) in [5.74, 6) is 1.34. The van der Waals surface area contributed by atoms with Crippen LogP contribution < -0.4 is 10.1 Å². The van der Waals surface area contributed by atoms with Crippen LogP contribution in [-0.4, -0.2) is 42.3 Å². The van der Waals surface area contributed by atoms with Gasteiger partial charge in [0.1, 0.15) is 11.5 Å². The molecule has 2 heterocycles. The normalized spacial score (nSPS) is 24.1. The van der Waals surface area contributed by atoms with E-state index in [1.54, 1.807) is 40.3 Å². The predicted molar refractivity (Wildman–Crippen MR) is 113 cm³/mol. The molecule has 4 rings (SSSR count). The summed E-state index contributed by atoms with van der Waals surface area (Å²) >= 11 is 1.64. The average Bonchev–Trinajstić information content (AvgIpc) is 3.28. The number of ether oxygens (including phenoxy) is 1. The Bertz CT molecular complexity index is 979. The van der Waals surface area contributed by atoms with Gasteiger partial charge in [-0.1, -0.05) is 24.8 Å². The molecule has 3 unspecified atom stereocenters. The van der Waals surface area contributed by atoms with Crippen LogP contribution in [0.2, 0.25) is 0 Å². The van der Waals surface area contributed by atoms with Crippen LogP contribution in [0.3, 0.4) is 0 Å². The Kier molecular flexibility index (Phi) is 5.67. The summed E-state index contributed by atoms with van der Waals surface area (Å²) < 4.78 is 33.3. The number of nitrogens with one attached hydrogen (secondary N) is 1. The molecule has 0 aromatic heterocycles. The first-order valence-corrected chi connectivity index (χ1v) is 11.8. The van der Waals surface area contributed by atoms with E-state index in [9.17, 15) is 13.2 Å². The van der Waals surface area contributed by atoms with Gasteiger partial charge in [-0.2, -0.15) is 4.31 Å². The molecule has 2 saturated heterocycles. The Hall–Kier alpha value is -2.29. The summed E-state index contributed by atoms with van der Waals surface area (Å²) in [4.78, 5) is 11.7. The molecule has 8 heteroatoms. The minimum Gasteiger partial charge on any atom is -0.457 e. The second-order valence-corrected chi connectivity index (χ2v) is 10.5. The zero-order valence-corrected chi connectivity index (χ0v) is 17.4. The number of hydrogen-bond acceptors (Lipinski definition) is 5. The van der Waals surface area contributed by atoms with E-state index in [1.807, 2.05) is 30.3 Å². The van der Waals surface area contributed by atoms with Crippen LogP contribution in [-0.2, 0) is 14.8 Å². The van der Waals surface area contributed by atoms with Crippen LogP contribution in [0.15, 0.2) is 72.1 Å². The Balaban J connectivity index is 1.40. The minimum atomic E-state index is -3.55. The monoisotopic (exact) mass is 430 g/mol. The highest BCUT2D eigenvalue weighted by atomic mass is 32.2. The molecule has 1 N–H and O–H groups in total. The molecule has 2 aromatic carbocycles. The number of benzene rings is 2. The third-order valence-corrected chi connectivity index (χ3v) is 8.50. The Morgan fingerprint density at radius 1 is 1.10 bits per heavy atom. The summed E-state index contributed by atoms with van der Waals surface area (Å²) in [5, 5.41) is 3.11. The van der Waals surface area contributed by atoms with Crippen molar-refractivity contribution >= 4 is 27.7 Å². The van der Waals surface area contributed by atoms with E-state index in [2.05, 4.69) is 11.9 Å². The lowest BCUT2D eigenvalue weighted by Crippen LogP contribution is -2.33. The highest BCUT2D eigenvalue weighted by molar-refractivity contribution is 8.00. The lowest BCUT2D eigenvalue weighted by atomic mass is 10.1. The highest BCUT2D eigenvalue weighted by Crippen LogP contribution is 2.43. The number of para-hydroxylation sites is 1. The molecular formula is C21H22N2O4S2. The number of fused-ring (bicyclic) bond motifs is 1. The number of carbonyl (C=O) groups excluding carboxylic acids is 1. The van der Waals surface area contributed by atoms with Crippen LogP contribution in [0.25, 0.3) is 0 Å². The van der Waals surface area contributed by atoms with E-state index < -0.39 is 10.0 Å². The number of amides is 1. The van der Waals surface area contributed by atoms with Crippen molar-refractivity contribution in [2.75, 3.05) is 13.1 Å². The third-order valence-electron chi connectivity index (χ3n) is 5.13. The highest BCUT2D eigenvalue weighted by Gasteiger charge is 2.45. The van der Waals surface area contributed by atoms with Gasteiger partial charge < -0.3 is 10.1 Å². The van der Waals surface area contributed by atoms with E-state index in [0.29, 0.717) is 24.6 Å². The molecule has 0 spiro atoms. The van der Waals surface area contributed by atoms with Crippen molar-refractivity contribution in [2.24, 2.45) is 5.92 Å². The van der Waals surface area contributed by atoms with Crippen molar-refractivity contribution < 1.29 is 17.9 Å². The lowest BCUT2D eigenvalue weighted by Gasteiger charge is -2.19. The van der Waals surface area contributed by atoms with Crippen molar-refractivity contribution in [2.45, 2.75) is 21.9 Å². The van der Waals surface area contributed by atoms with Crippen molar-refractivity contribution in [1.29, 1.82) is 0 Å². The van der Waals surface area contributed by atoms with Crippen molar-refractivity contribution in [3.63, 3.8) is 0 Å². The van der Waals surface area contributed by atoms with Crippen molar-refractivity contribution in [3.8, 4) is 11.5 Å². The van der Waals surface area contributed by atoms with Gasteiger partial charge in [0.05, 0.1) is 10.3 Å². The molecule has 0 bridgehead atoms. The second kappa shape index (κ2) is 8.22. The first-order valence-electron chi connectivity index (χ1n) is 9.37. The van der Waals surface area contributed by atoms with Crippen LogP contribution in [0.5, 0.6) is 11.5 Å². The molecular weight excluding hydrogens is 408 g/mol. The molecule has 2 fully saturated rings. The SMILES string of the molecule is C=CC(=O)NC1CC2CN(S(=O)(=O)c3ccc(Oc4ccccc4)cc3)CC2S1. The third kappa shape index (κ3) is 4.34. The van der Waals surface area contributed by atoms with Gasteiger partial charge in [0.2, 0.25) is 15.9 Å². The van der Waals surface area contributed by atoms with E-state index in [-0.39, 0.29) is 27.3 Å². The summed E-state index contributed by atoms with van der Waals surface area (Å²) in [7, 11) is -3.55. The molecule has 2 aromatic rings. The smallest absolute Gasteiger partial charge is 0.244 e. The van der Waals surface area contributed by atoms with Gasteiger partial charge in [0, 0.05) is 18.3 Å². The van der Waals surface area contributed by atoms with Gasteiger partial charge in [-0.3, -0.25) is 4.79 Å². The van der Waals surface area contributed by atoms with Crippen LogP contribution in [0.1, 0.15) is 6.42 Å². The Morgan fingerprint density at radius 3 is 2.45 bits per heavy atom. The first kappa shape index (κ1) is 20.0. The molecule has 6 nitrogen and oxygen atoms in total. The molecule has 152 valence electrons. The molecule has 29 heavy (non-hydrogen) atoms. The zero-order valence-electron chi connectivity index (χ0n) is 15.7. The number of rotatable bonds is 6. The maximum Gasteiger partial charge on any atom is 0.244 e. The molecule has 0 saturated carbocycles. The van der Waals surface area contributed by atoms with Gasteiger partial charge in [-0.25, -0.2) is 8.42 Å². The van der Waals surface area contributed by atoms with Crippen molar-refractivity contribution in [1.82, 2.24) is 9.62 Å². The van der Waals surface area contributed by atoms with E-state index in [4.69, 9.17) is 4.74 Å². The quantitative estimate of drug-likeness (QED) is 0.712. The van der Waals surface area contributed by atoms with Crippen LogP contribution in [0.4, 0.5) is 0 Å². The fraction of sp³-hybridized carbons (Fsp3) is 0.286. The topological polar surface area (TPSA) is 75.7 Å². The summed E-state index contributed by atoms with van der Waals surface area (Å²) in [6.45, 7) is 4.40. The zero-order chi connectivity index (χ0) is 20.4. The van der Waals surface area contributed by atoms with Crippen LogP contribution in [0, 0.1) is 5.92 Å². The molecule has 3 atom stereocenters. The Morgan fingerprint density at radius 2 is 1.79 bits per heavy atom. The summed E-state index contributed by atoms with van der Waals surface area (Å²) in [6, 6.07) is 15.9. The van der Waals surface area contributed by atoms with Gasteiger partial charge in [0.15, 0.2) is 0 Å². The van der Waals surface area contributed by atoms with E-state index in [0.717, 1.165) is 6.42 Å². The molecule has 0 aliphatic carbocycles. The number of nitrogens with zero attached hydrogens (tertiary/aromatic N) is 1. The number of hydrogen-bond donors (Lipinski definition) is 1. The molecule has 0 radical (unpaired) electrons. The lowest BCUT2D eigenvalue weighted by molar-refractivity contribution is -0.116. The number of sulfonamides is 1. The van der Waals surface area contributed by atoms with Gasteiger partial charge in [-0.05, 0) is 54.8 Å². The van der Waals surface area contributed by atoms with Gasteiger partial charge in [-0.15, -0.1) is 11.8 Å². The first-order chi connectivity index (χ1) is 14.0. The molecule has 2 aliphatic rings. The average molecular weight is 431 g/mol. The standard InChI is InChI=1S/C21H22N2O4S2/c1-2-20(24)22-21-12-15-13-23(14-19(15)28-21)29(25,26)18-10-8-17(9-11-18)27-16-6-4-3-5-7-16/h2-11,15,19,21H,1,12-14H2,(H,22,24). The molecule has 2 aliphatic heterocycles. The predicted octanol–water partition coefficient (Wildman–Crippen LogP) is 3.23. The summed E-state index contributed by atoms with van der Waals surface area (Å²) in [5.41, 5.74) is 0. The van der Waals surface area contributed by atoms with Gasteiger partial charge in [0.25, 0.3) is 0 Å². The fourth-order valence-corrected chi connectivity index (χ4v) is 6.95. The van der Waals surface area contributed by atoms with E-state index >= 15 is 0 Å². The maximum atomic E-state index is 13.0. The number of thioether (sulfide) groups is 1. The van der Waals surface area contributed by atoms with Gasteiger partial charge >= 0.3 is 0 Å². The second-order valence-electron chi connectivity index (χ2n) is 7.08. The van der Waals surface area contributed by atoms with E-state index in [1.165, 1.54) is 6.08 Å². The largest absolute Gasteiger partial charge is 0.457 e. The Labute approximate surface area is 175 Å². The van der Waals surface area contributed by atoms with Crippen LogP contribution >= 0.6 is 11.8 Å².